The van der Waals surface area contributed by atoms with Gasteiger partial charge in [-0.1, -0.05) is 25.0 Å². The molecule has 0 unspecified atom stereocenters. The lowest BCUT2D eigenvalue weighted by molar-refractivity contribution is -0.385. The van der Waals surface area contributed by atoms with Gasteiger partial charge in [0.2, 0.25) is 5.91 Å². The quantitative estimate of drug-likeness (QED) is 0.514. The summed E-state index contributed by atoms with van der Waals surface area (Å²) in [5.74, 6) is -0.279. The molecule has 6 nitrogen and oxygen atoms in total. The van der Waals surface area contributed by atoms with Crippen LogP contribution in [0.15, 0.2) is 30.3 Å². The fourth-order valence-corrected chi connectivity index (χ4v) is 2.79. The summed E-state index contributed by atoms with van der Waals surface area (Å²) in [4.78, 5) is 24.0. The first kappa shape index (κ1) is 16.2. The van der Waals surface area contributed by atoms with Gasteiger partial charge in [0, 0.05) is 25.7 Å². The van der Waals surface area contributed by atoms with E-state index in [0.29, 0.717) is 18.4 Å². The number of hydrogen-bond acceptors (Lipinski definition) is 4. The van der Waals surface area contributed by atoms with Gasteiger partial charge in [-0.25, -0.2) is 0 Å². The number of carbonyl (C=O) groups is 1. The molecule has 0 aromatic heterocycles. The van der Waals surface area contributed by atoms with Crippen LogP contribution in [0.4, 0.5) is 5.69 Å². The van der Waals surface area contributed by atoms with Gasteiger partial charge >= 0.3 is 0 Å². The second-order valence-corrected chi connectivity index (χ2v) is 5.78. The van der Waals surface area contributed by atoms with Crippen molar-refractivity contribution in [2.75, 3.05) is 13.6 Å². The SMILES string of the molecule is CN(CC1(O)CCCC1)C(=O)/C=C/c1ccccc1[N+](=O)[O-]. The zero-order valence-corrected chi connectivity index (χ0v) is 12.6. The van der Waals surface area contributed by atoms with Gasteiger partial charge in [-0.3, -0.25) is 14.9 Å². The Morgan fingerprint density at radius 3 is 2.68 bits per heavy atom. The van der Waals surface area contributed by atoms with E-state index >= 15 is 0 Å². The molecule has 0 atom stereocenters. The Morgan fingerprint density at radius 1 is 1.41 bits per heavy atom. The van der Waals surface area contributed by atoms with Crippen LogP contribution in [0, 0.1) is 10.1 Å². The number of nitro groups is 1. The second kappa shape index (κ2) is 6.70. The van der Waals surface area contributed by atoms with Crippen molar-refractivity contribution in [1.29, 1.82) is 0 Å². The first-order valence-electron chi connectivity index (χ1n) is 7.30. The lowest BCUT2D eigenvalue weighted by Crippen LogP contribution is -2.41. The van der Waals surface area contributed by atoms with Crippen molar-refractivity contribution in [3.8, 4) is 0 Å². The Balaban J connectivity index is 2.03. The summed E-state index contributed by atoms with van der Waals surface area (Å²) in [6, 6.07) is 6.25. The number of para-hydroxylation sites is 1. The molecular weight excluding hydrogens is 284 g/mol. The third kappa shape index (κ3) is 3.92. The van der Waals surface area contributed by atoms with Gasteiger partial charge in [-0.15, -0.1) is 0 Å². The Labute approximate surface area is 129 Å². The molecule has 0 bridgehead atoms. The van der Waals surface area contributed by atoms with Crippen LogP contribution in [0.3, 0.4) is 0 Å². The highest BCUT2D eigenvalue weighted by Crippen LogP contribution is 2.30. The van der Waals surface area contributed by atoms with Crippen LogP contribution in [0.1, 0.15) is 31.2 Å². The van der Waals surface area contributed by atoms with Crippen LogP contribution >= 0.6 is 0 Å². The molecule has 1 saturated carbocycles. The van der Waals surface area contributed by atoms with Gasteiger partial charge in [0.05, 0.1) is 16.1 Å². The number of hydrogen-bond donors (Lipinski definition) is 1. The van der Waals surface area contributed by atoms with E-state index in [1.807, 2.05) is 0 Å². The fraction of sp³-hybridized carbons (Fsp3) is 0.438. The van der Waals surface area contributed by atoms with Crippen LogP contribution < -0.4 is 0 Å². The van der Waals surface area contributed by atoms with E-state index in [1.165, 1.54) is 23.1 Å². The number of nitrogens with zero attached hydrogens (tertiary/aromatic N) is 2. The number of nitro benzene ring substituents is 1. The van der Waals surface area contributed by atoms with Crippen molar-refractivity contribution in [3.63, 3.8) is 0 Å². The largest absolute Gasteiger partial charge is 0.388 e. The summed E-state index contributed by atoms with van der Waals surface area (Å²) < 4.78 is 0. The predicted octanol–water partition coefficient (Wildman–Crippen LogP) is 2.37. The summed E-state index contributed by atoms with van der Waals surface area (Å²) in [5.41, 5.74) is -0.450. The maximum absolute atomic E-state index is 12.1. The Hall–Kier alpha value is -2.21. The van der Waals surface area contributed by atoms with Crippen molar-refractivity contribution in [3.05, 3.63) is 46.0 Å². The molecule has 1 aliphatic rings. The van der Waals surface area contributed by atoms with E-state index in [1.54, 1.807) is 25.2 Å². The summed E-state index contributed by atoms with van der Waals surface area (Å²) in [6.07, 6.45) is 6.11. The highest BCUT2D eigenvalue weighted by atomic mass is 16.6. The first-order chi connectivity index (χ1) is 10.4. The number of rotatable bonds is 5. The van der Waals surface area contributed by atoms with Gasteiger partial charge in [-0.05, 0) is 25.0 Å². The van der Waals surface area contributed by atoms with Crippen LogP contribution in [0.25, 0.3) is 6.08 Å². The summed E-state index contributed by atoms with van der Waals surface area (Å²) in [5, 5.41) is 21.2. The third-order valence-corrected chi connectivity index (χ3v) is 3.98. The summed E-state index contributed by atoms with van der Waals surface area (Å²) in [6.45, 7) is 0.285. The topological polar surface area (TPSA) is 83.7 Å². The minimum Gasteiger partial charge on any atom is -0.388 e. The predicted molar refractivity (Wildman–Crippen MR) is 83.2 cm³/mol. The number of aliphatic hydroxyl groups is 1. The molecule has 6 heteroatoms. The number of amides is 1. The molecule has 1 aromatic rings. The van der Waals surface area contributed by atoms with Gasteiger partial charge in [0.1, 0.15) is 0 Å². The third-order valence-electron chi connectivity index (χ3n) is 3.98. The standard InChI is InChI=1S/C16H20N2O4/c1-17(12-16(20)10-4-5-11-16)15(19)9-8-13-6-2-3-7-14(13)18(21)22/h2-3,6-9,20H,4-5,10-12H2,1H3/b9-8+. The number of benzene rings is 1. The molecular formula is C16H20N2O4. The zero-order valence-electron chi connectivity index (χ0n) is 12.6. The monoisotopic (exact) mass is 304 g/mol. The summed E-state index contributed by atoms with van der Waals surface area (Å²) >= 11 is 0. The maximum atomic E-state index is 12.1. The van der Waals surface area contributed by atoms with Crippen LogP contribution in [0.5, 0.6) is 0 Å². The Bertz CT molecular complexity index is 592. The van der Waals surface area contributed by atoms with Gasteiger partial charge < -0.3 is 10.0 Å². The van der Waals surface area contributed by atoms with Crippen molar-refractivity contribution >= 4 is 17.7 Å². The average molecular weight is 304 g/mol. The van der Waals surface area contributed by atoms with Crippen LogP contribution in [-0.2, 0) is 4.79 Å². The lowest BCUT2D eigenvalue weighted by Gasteiger charge is -2.27. The molecule has 1 aromatic carbocycles. The number of likely N-dealkylation sites (N-methyl/N-ethyl adjacent to an activating group) is 1. The molecule has 22 heavy (non-hydrogen) atoms. The normalized spacial score (nSPS) is 16.8. The van der Waals surface area contributed by atoms with Crippen molar-refractivity contribution in [2.45, 2.75) is 31.3 Å². The van der Waals surface area contributed by atoms with E-state index in [4.69, 9.17) is 0 Å². The minimum atomic E-state index is -0.795. The van der Waals surface area contributed by atoms with Gasteiger partial charge in [0.25, 0.3) is 5.69 Å². The second-order valence-electron chi connectivity index (χ2n) is 5.78. The molecule has 1 N–H and O–H groups in total. The van der Waals surface area contributed by atoms with Gasteiger partial charge in [0.15, 0.2) is 0 Å². The molecule has 0 saturated heterocycles. The van der Waals surface area contributed by atoms with Crippen molar-refractivity contribution < 1.29 is 14.8 Å². The van der Waals surface area contributed by atoms with E-state index in [-0.39, 0.29) is 18.1 Å². The smallest absolute Gasteiger partial charge is 0.276 e. The summed E-state index contributed by atoms with van der Waals surface area (Å²) in [7, 11) is 1.63. The lowest BCUT2D eigenvalue weighted by atomic mass is 10.0. The first-order valence-corrected chi connectivity index (χ1v) is 7.30. The zero-order chi connectivity index (χ0) is 16.2. The molecule has 0 heterocycles. The maximum Gasteiger partial charge on any atom is 0.276 e. The molecule has 2 rings (SSSR count). The highest BCUT2D eigenvalue weighted by molar-refractivity contribution is 5.92. The van der Waals surface area contributed by atoms with Crippen LogP contribution in [-0.4, -0.2) is 40.0 Å². The number of carbonyl (C=O) groups excluding carboxylic acids is 1. The van der Waals surface area contributed by atoms with E-state index in [0.717, 1.165) is 12.8 Å². The van der Waals surface area contributed by atoms with E-state index < -0.39 is 10.5 Å². The fourth-order valence-electron chi connectivity index (χ4n) is 2.79. The Morgan fingerprint density at radius 2 is 2.05 bits per heavy atom. The van der Waals surface area contributed by atoms with E-state index in [9.17, 15) is 20.0 Å². The molecule has 0 radical (unpaired) electrons. The molecule has 1 fully saturated rings. The molecule has 1 amide bonds. The molecule has 0 aliphatic heterocycles. The molecule has 0 spiro atoms. The average Bonchev–Trinajstić information content (AvgIpc) is 2.91. The van der Waals surface area contributed by atoms with Gasteiger partial charge in [-0.2, -0.15) is 0 Å². The van der Waals surface area contributed by atoms with E-state index in [2.05, 4.69) is 0 Å². The Kier molecular flexibility index (Phi) is 4.92. The minimum absolute atomic E-state index is 0.0383. The van der Waals surface area contributed by atoms with Crippen LogP contribution in [0.2, 0.25) is 0 Å². The molecule has 1 aliphatic carbocycles. The molecule has 118 valence electrons. The van der Waals surface area contributed by atoms with Crippen molar-refractivity contribution in [1.82, 2.24) is 4.90 Å². The van der Waals surface area contributed by atoms with Crippen molar-refractivity contribution in [2.24, 2.45) is 0 Å². The highest BCUT2D eigenvalue weighted by Gasteiger charge is 2.33.